The number of aromatic nitrogens is 2. The Morgan fingerprint density at radius 2 is 1.52 bits per heavy atom. The molecule has 0 spiro atoms. The molecule has 0 amide bonds. The first-order valence-electron chi connectivity index (χ1n) is 9.43. The van der Waals surface area contributed by atoms with Crippen molar-refractivity contribution in [2.75, 3.05) is 11.4 Å². The summed E-state index contributed by atoms with van der Waals surface area (Å²) in [6, 6.07) is 25.5. The van der Waals surface area contributed by atoms with Gasteiger partial charge >= 0.3 is 0 Å². The number of benzene rings is 3. The molecule has 3 aromatic carbocycles. The summed E-state index contributed by atoms with van der Waals surface area (Å²) in [7, 11) is 0. The fourth-order valence-electron chi connectivity index (χ4n) is 3.81. The van der Waals surface area contributed by atoms with Crippen molar-refractivity contribution in [2.45, 2.75) is 19.9 Å². The molecule has 0 bridgehead atoms. The SMILES string of the molecule is Cc1ccc(-c2nc(N3CCc4ccccc4C3)c3ccccc3n2)cc1. The van der Waals surface area contributed by atoms with E-state index < -0.39 is 0 Å². The highest BCUT2D eigenvalue weighted by Gasteiger charge is 2.20. The Labute approximate surface area is 159 Å². The Bertz CT molecular complexity index is 1120. The van der Waals surface area contributed by atoms with E-state index >= 15 is 0 Å². The molecule has 0 fully saturated rings. The van der Waals surface area contributed by atoms with E-state index in [9.17, 15) is 0 Å². The van der Waals surface area contributed by atoms with Gasteiger partial charge in [0.25, 0.3) is 0 Å². The van der Waals surface area contributed by atoms with Gasteiger partial charge in [0.15, 0.2) is 5.82 Å². The van der Waals surface area contributed by atoms with Crippen LogP contribution in [0, 0.1) is 6.92 Å². The van der Waals surface area contributed by atoms with Crippen molar-refractivity contribution >= 4 is 16.7 Å². The van der Waals surface area contributed by atoms with Crippen LogP contribution in [0.4, 0.5) is 5.82 Å². The number of anilines is 1. The van der Waals surface area contributed by atoms with Gasteiger partial charge in [0.05, 0.1) is 5.52 Å². The topological polar surface area (TPSA) is 29.0 Å². The van der Waals surface area contributed by atoms with Crippen molar-refractivity contribution in [3.63, 3.8) is 0 Å². The zero-order valence-electron chi connectivity index (χ0n) is 15.4. The van der Waals surface area contributed by atoms with Crippen LogP contribution in [0.15, 0.2) is 72.8 Å². The van der Waals surface area contributed by atoms with Crippen LogP contribution in [-0.4, -0.2) is 16.5 Å². The average Bonchev–Trinajstić information content (AvgIpc) is 2.73. The Morgan fingerprint density at radius 3 is 2.37 bits per heavy atom. The van der Waals surface area contributed by atoms with Gasteiger partial charge in [-0.2, -0.15) is 0 Å². The number of aryl methyl sites for hydroxylation is 1. The van der Waals surface area contributed by atoms with E-state index in [1.807, 2.05) is 6.07 Å². The molecule has 1 aromatic heterocycles. The molecule has 1 aliphatic rings. The van der Waals surface area contributed by atoms with Gasteiger partial charge in [-0.15, -0.1) is 0 Å². The summed E-state index contributed by atoms with van der Waals surface area (Å²) in [5, 5.41) is 1.12. The Hall–Kier alpha value is -3.20. The number of hydrogen-bond donors (Lipinski definition) is 0. The molecule has 3 heteroatoms. The second-order valence-corrected chi connectivity index (χ2v) is 7.19. The zero-order valence-corrected chi connectivity index (χ0v) is 15.4. The molecule has 0 atom stereocenters. The first kappa shape index (κ1) is 16.0. The second kappa shape index (κ2) is 6.51. The molecule has 3 nitrogen and oxygen atoms in total. The lowest BCUT2D eigenvalue weighted by Crippen LogP contribution is -2.31. The predicted molar refractivity (Wildman–Crippen MR) is 111 cm³/mol. The van der Waals surface area contributed by atoms with Crippen molar-refractivity contribution in [1.29, 1.82) is 0 Å². The summed E-state index contributed by atoms with van der Waals surface area (Å²) in [4.78, 5) is 12.2. The van der Waals surface area contributed by atoms with E-state index in [2.05, 4.69) is 78.6 Å². The Balaban J connectivity index is 1.64. The molecule has 0 aliphatic carbocycles. The van der Waals surface area contributed by atoms with Gasteiger partial charge in [-0.1, -0.05) is 66.2 Å². The van der Waals surface area contributed by atoms with Crippen LogP contribution in [0.1, 0.15) is 16.7 Å². The molecule has 0 saturated carbocycles. The average molecular weight is 351 g/mol. The van der Waals surface area contributed by atoms with E-state index in [4.69, 9.17) is 9.97 Å². The molecule has 132 valence electrons. The van der Waals surface area contributed by atoms with Gasteiger partial charge in [-0.25, -0.2) is 9.97 Å². The lowest BCUT2D eigenvalue weighted by molar-refractivity contribution is 0.723. The third-order valence-electron chi connectivity index (χ3n) is 5.32. The molecule has 27 heavy (non-hydrogen) atoms. The second-order valence-electron chi connectivity index (χ2n) is 7.19. The quantitative estimate of drug-likeness (QED) is 0.499. The van der Waals surface area contributed by atoms with E-state index in [0.29, 0.717) is 0 Å². The summed E-state index contributed by atoms with van der Waals surface area (Å²) < 4.78 is 0. The van der Waals surface area contributed by atoms with Gasteiger partial charge < -0.3 is 4.90 Å². The first-order valence-corrected chi connectivity index (χ1v) is 9.43. The summed E-state index contributed by atoms with van der Waals surface area (Å²) in [5.41, 5.74) is 6.14. The normalized spacial score (nSPS) is 13.6. The van der Waals surface area contributed by atoms with Crippen LogP contribution >= 0.6 is 0 Å². The molecule has 0 radical (unpaired) electrons. The summed E-state index contributed by atoms with van der Waals surface area (Å²) >= 11 is 0. The zero-order chi connectivity index (χ0) is 18.2. The molecule has 1 aliphatic heterocycles. The molecule has 2 heterocycles. The minimum absolute atomic E-state index is 0.794. The fourth-order valence-corrected chi connectivity index (χ4v) is 3.81. The number of para-hydroxylation sites is 1. The maximum absolute atomic E-state index is 5.01. The summed E-state index contributed by atoms with van der Waals surface area (Å²) in [6.07, 6.45) is 1.05. The largest absolute Gasteiger partial charge is 0.351 e. The van der Waals surface area contributed by atoms with Crippen LogP contribution in [0.25, 0.3) is 22.3 Å². The van der Waals surface area contributed by atoms with Crippen LogP contribution < -0.4 is 4.90 Å². The van der Waals surface area contributed by atoms with Crippen molar-refractivity contribution < 1.29 is 0 Å². The monoisotopic (exact) mass is 351 g/mol. The number of rotatable bonds is 2. The lowest BCUT2D eigenvalue weighted by Gasteiger charge is -2.30. The van der Waals surface area contributed by atoms with E-state index in [-0.39, 0.29) is 0 Å². The standard InChI is InChI=1S/C24H21N3/c1-17-10-12-19(13-11-17)23-25-22-9-5-4-8-21(22)24(26-23)27-15-14-18-6-2-3-7-20(18)16-27/h2-13H,14-16H2,1H3. The Kier molecular flexibility index (Phi) is 3.86. The van der Waals surface area contributed by atoms with Crippen molar-refractivity contribution in [2.24, 2.45) is 0 Å². The van der Waals surface area contributed by atoms with Gasteiger partial charge in [0, 0.05) is 24.0 Å². The van der Waals surface area contributed by atoms with E-state index in [1.54, 1.807) is 0 Å². The van der Waals surface area contributed by atoms with Crippen LogP contribution in [0.2, 0.25) is 0 Å². The smallest absolute Gasteiger partial charge is 0.162 e. The predicted octanol–water partition coefficient (Wildman–Crippen LogP) is 5.17. The first-order chi connectivity index (χ1) is 13.3. The maximum atomic E-state index is 5.01. The van der Waals surface area contributed by atoms with E-state index in [1.165, 1.54) is 16.7 Å². The van der Waals surface area contributed by atoms with E-state index in [0.717, 1.165) is 47.6 Å². The number of nitrogens with zero attached hydrogens (tertiary/aromatic N) is 3. The van der Waals surface area contributed by atoms with Gasteiger partial charge in [-0.3, -0.25) is 0 Å². The summed E-state index contributed by atoms with van der Waals surface area (Å²) in [5.74, 6) is 1.83. The van der Waals surface area contributed by atoms with Crippen molar-refractivity contribution in [3.8, 4) is 11.4 Å². The molecular weight excluding hydrogens is 330 g/mol. The number of hydrogen-bond acceptors (Lipinski definition) is 3. The van der Waals surface area contributed by atoms with Crippen molar-refractivity contribution in [3.05, 3.63) is 89.5 Å². The molecular formula is C24H21N3. The lowest BCUT2D eigenvalue weighted by atomic mass is 9.99. The van der Waals surface area contributed by atoms with Gasteiger partial charge in [-0.05, 0) is 36.6 Å². The maximum Gasteiger partial charge on any atom is 0.162 e. The van der Waals surface area contributed by atoms with Crippen molar-refractivity contribution in [1.82, 2.24) is 9.97 Å². The molecule has 0 unspecified atom stereocenters. The highest BCUT2D eigenvalue weighted by molar-refractivity contribution is 5.91. The van der Waals surface area contributed by atoms with Crippen LogP contribution in [0.3, 0.4) is 0 Å². The minimum Gasteiger partial charge on any atom is -0.351 e. The fraction of sp³-hybridized carbons (Fsp3) is 0.167. The van der Waals surface area contributed by atoms with Crippen LogP contribution in [0.5, 0.6) is 0 Å². The Morgan fingerprint density at radius 1 is 0.778 bits per heavy atom. The third-order valence-corrected chi connectivity index (χ3v) is 5.32. The molecule has 4 aromatic rings. The molecule has 0 saturated heterocycles. The minimum atomic E-state index is 0.794. The van der Waals surface area contributed by atoms with Gasteiger partial charge in [0.2, 0.25) is 0 Å². The highest BCUT2D eigenvalue weighted by atomic mass is 15.2. The third kappa shape index (κ3) is 2.95. The number of fused-ring (bicyclic) bond motifs is 2. The molecule has 5 rings (SSSR count). The van der Waals surface area contributed by atoms with Crippen LogP contribution in [-0.2, 0) is 13.0 Å². The highest BCUT2D eigenvalue weighted by Crippen LogP contribution is 2.31. The summed E-state index contributed by atoms with van der Waals surface area (Å²) in [6.45, 7) is 3.97. The molecule has 0 N–H and O–H groups in total. The van der Waals surface area contributed by atoms with Gasteiger partial charge in [0.1, 0.15) is 5.82 Å².